The Labute approximate surface area is 129 Å². The van der Waals surface area contributed by atoms with Crippen LogP contribution in [0, 0.1) is 6.92 Å². The van der Waals surface area contributed by atoms with Gasteiger partial charge in [0.15, 0.2) is 0 Å². The molecule has 1 aromatic carbocycles. The molecule has 0 fully saturated rings. The smallest absolute Gasteiger partial charge is 0.254 e. The van der Waals surface area contributed by atoms with E-state index in [4.69, 9.17) is 11.6 Å². The first-order chi connectivity index (χ1) is 9.97. The van der Waals surface area contributed by atoms with Crippen LogP contribution in [-0.4, -0.2) is 30.0 Å². The van der Waals surface area contributed by atoms with Crippen LogP contribution in [0.25, 0.3) is 0 Å². The lowest BCUT2D eigenvalue weighted by Crippen LogP contribution is -2.25. The number of hydrogen-bond acceptors (Lipinski definition) is 4. The molecule has 0 radical (unpaired) electrons. The average Bonchev–Trinajstić information content (AvgIpc) is 2.46. The summed E-state index contributed by atoms with van der Waals surface area (Å²) in [7, 11) is 3.71. The molecule has 0 bridgehead atoms. The third-order valence-electron chi connectivity index (χ3n) is 2.98. The zero-order valence-electron chi connectivity index (χ0n) is 12.2. The second-order valence-corrected chi connectivity index (χ2v) is 5.31. The summed E-state index contributed by atoms with van der Waals surface area (Å²) in [6.45, 7) is 2.23. The third kappa shape index (κ3) is 3.92. The van der Waals surface area contributed by atoms with Gasteiger partial charge in [-0.15, -0.1) is 0 Å². The number of hydrogen-bond donors (Lipinski definition) is 1. The monoisotopic (exact) mass is 304 g/mol. The van der Waals surface area contributed by atoms with Crippen molar-refractivity contribution in [3.05, 3.63) is 52.3 Å². The van der Waals surface area contributed by atoms with E-state index in [-0.39, 0.29) is 5.91 Å². The van der Waals surface area contributed by atoms with Crippen LogP contribution in [0.4, 0.5) is 5.95 Å². The number of carbonyl (C=O) groups excluding carboxylic acids is 1. The molecule has 0 spiro atoms. The Hall–Kier alpha value is -2.14. The van der Waals surface area contributed by atoms with Gasteiger partial charge in [-0.25, -0.2) is 9.97 Å². The van der Waals surface area contributed by atoms with Gasteiger partial charge in [0.05, 0.1) is 11.3 Å². The van der Waals surface area contributed by atoms with Crippen molar-refractivity contribution in [1.29, 1.82) is 0 Å². The number of anilines is 1. The minimum absolute atomic E-state index is 0.187. The topological polar surface area (TPSA) is 58.1 Å². The van der Waals surface area contributed by atoms with E-state index in [1.807, 2.05) is 26.2 Å². The Morgan fingerprint density at radius 2 is 1.95 bits per heavy atom. The Bertz CT molecular complexity index is 641. The molecule has 1 heterocycles. The van der Waals surface area contributed by atoms with Gasteiger partial charge in [0.1, 0.15) is 0 Å². The molecule has 5 nitrogen and oxygen atoms in total. The molecule has 110 valence electrons. The molecule has 0 saturated heterocycles. The van der Waals surface area contributed by atoms with E-state index in [9.17, 15) is 4.79 Å². The second-order valence-electron chi connectivity index (χ2n) is 4.87. The molecule has 0 aliphatic heterocycles. The number of aromatic nitrogens is 2. The van der Waals surface area contributed by atoms with Crippen LogP contribution in [0.2, 0.25) is 5.02 Å². The summed E-state index contributed by atoms with van der Waals surface area (Å²) in [5.41, 5.74) is 2.12. The van der Waals surface area contributed by atoms with Crippen molar-refractivity contribution in [2.24, 2.45) is 0 Å². The van der Waals surface area contributed by atoms with E-state index < -0.39 is 0 Å². The summed E-state index contributed by atoms with van der Waals surface area (Å²) < 4.78 is 0. The Kier molecular flexibility index (Phi) is 4.75. The lowest BCUT2D eigenvalue weighted by Gasteiger charge is -2.12. The van der Waals surface area contributed by atoms with Crippen LogP contribution >= 0.6 is 11.6 Å². The molecule has 1 amide bonds. The van der Waals surface area contributed by atoms with E-state index in [0.717, 1.165) is 5.56 Å². The summed E-state index contributed by atoms with van der Waals surface area (Å²) in [5.74, 6) is 0.398. The summed E-state index contributed by atoms with van der Waals surface area (Å²) in [4.78, 5) is 22.4. The molecule has 21 heavy (non-hydrogen) atoms. The molecule has 2 rings (SSSR count). The molecule has 0 aliphatic rings. The maximum absolute atomic E-state index is 12.2. The summed E-state index contributed by atoms with van der Waals surface area (Å²) in [6.07, 6.45) is 1.55. The number of carbonyl (C=O) groups is 1. The minimum Gasteiger partial charge on any atom is -0.348 e. The Morgan fingerprint density at radius 3 is 2.52 bits per heavy atom. The highest BCUT2D eigenvalue weighted by molar-refractivity contribution is 6.30. The van der Waals surface area contributed by atoms with Gasteiger partial charge in [-0.05, 0) is 24.6 Å². The fraction of sp³-hybridized carbons (Fsp3) is 0.267. The summed E-state index contributed by atoms with van der Waals surface area (Å²) in [5, 5.41) is 3.52. The highest BCUT2D eigenvalue weighted by atomic mass is 35.5. The fourth-order valence-corrected chi connectivity index (χ4v) is 1.90. The molecule has 6 heteroatoms. The quantitative estimate of drug-likeness (QED) is 0.942. The second kappa shape index (κ2) is 6.54. The van der Waals surface area contributed by atoms with Crippen molar-refractivity contribution in [3.63, 3.8) is 0 Å². The number of nitrogens with zero attached hydrogens (tertiary/aromatic N) is 3. The predicted molar refractivity (Wildman–Crippen MR) is 83.7 cm³/mol. The average molecular weight is 305 g/mol. The SMILES string of the molecule is Cc1nc(N(C)C)ncc1C(=O)NCc1ccc(Cl)cc1. The van der Waals surface area contributed by atoms with E-state index in [0.29, 0.717) is 28.8 Å². The van der Waals surface area contributed by atoms with Crippen molar-refractivity contribution in [2.75, 3.05) is 19.0 Å². The molecular weight excluding hydrogens is 288 g/mol. The third-order valence-corrected chi connectivity index (χ3v) is 3.23. The molecular formula is C15H17ClN4O. The molecule has 1 aromatic heterocycles. The molecule has 0 unspecified atom stereocenters. The zero-order valence-corrected chi connectivity index (χ0v) is 13.0. The number of amides is 1. The van der Waals surface area contributed by atoms with Gasteiger partial charge in [0.25, 0.3) is 5.91 Å². The Balaban J connectivity index is 2.05. The van der Waals surface area contributed by atoms with Crippen LogP contribution in [0.3, 0.4) is 0 Å². The van der Waals surface area contributed by atoms with E-state index in [1.165, 1.54) is 0 Å². The molecule has 1 N–H and O–H groups in total. The maximum Gasteiger partial charge on any atom is 0.254 e. The van der Waals surface area contributed by atoms with E-state index >= 15 is 0 Å². The summed E-state index contributed by atoms with van der Waals surface area (Å²) >= 11 is 5.82. The van der Waals surface area contributed by atoms with E-state index in [1.54, 1.807) is 30.2 Å². The predicted octanol–water partition coefficient (Wildman–Crippen LogP) is 2.43. The number of benzene rings is 1. The number of halogens is 1. The lowest BCUT2D eigenvalue weighted by atomic mass is 10.2. The fourth-order valence-electron chi connectivity index (χ4n) is 1.77. The lowest BCUT2D eigenvalue weighted by molar-refractivity contribution is 0.0949. The van der Waals surface area contributed by atoms with E-state index in [2.05, 4.69) is 15.3 Å². The van der Waals surface area contributed by atoms with Crippen LogP contribution in [0.1, 0.15) is 21.6 Å². The van der Waals surface area contributed by atoms with Crippen LogP contribution < -0.4 is 10.2 Å². The number of rotatable bonds is 4. The van der Waals surface area contributed by atoms with Crippen molar-refractivity contribution in [2.45, 2.75) is 13.5 Å². The largest absolute Gasteiger partial charge is 0.348 e. The van der Waals surface area contributed by atoms with Crippen molar-refractivity contribution >= 4 is 23.5 Å². The maximum atomic E-state index is 12.2. The Morgan fingerprint density at radius 1 is 1.29 bits per heavy atom. The van der Waals surface area contributed by atoms with Crippen molar-refractivity contribution in [1.82, 2.24) is 15.3 Å². The zero-order chi connectivity index (χ0) is 15.4. The van der Waals surface area contributed by atoms with Crippen molar-refractivity contribution < 1.29 is 4.79 Å². The number of aryl methyl sites for hydroxylation is 1. The molecule has 0 atom stereocenters. The normalized spacial score (nSPS) is 10.3. The van der Waals surface area contributed by atoms with Crippen LogP contribution in [0.5, 0.6) is 0 Å². The first kappa shape index (κ1) is 15.3. The van der Waals surface area contributed by atoms with Crippen molar-refractivity contribution in [3.8, 4) is 0 Å². The highest BCUT2D eigenvalue weighted by Gasteiger charge is 2.12. The van der Waals surface area contributed by atoms with Crippen LogP contribution in [0.15, 0.2) is 30.5 Å². The van der Waals surface area contributed by atoms with Gasteiger partial charge in [-0.1, -0.05) is 23.7 Å². The first-order valence-corrected chi connectivity index (χ1v) is 6.89. The molecule has 0 aliphatic carbocycles. The van der Waals surface area contributed by atoms with Gasteiger partial charge >= 0.3 is 0 Å². The van der Waals surface area contributed by atoms with Gasteiger partial charge < -0.3 is 10.2 Å². The number of nitrogens with one attached hydrogen (secondary N) is 1. The van der Waals surface area contributed by atoms with Gasteiger partial charge in [-0.2, -0.15) is 0 Å². The molecule has 2 aromatic rings. The van der Waals surface area contributed by atoms with Gasteiger partial charge in [-0.3, -0.25) is 4.79 Å². The molecule has 0 saturated carbocycles. The minimum atomic E-state index is -0.187. The first-order valence-electron chi connectivity index (χ1n) is 6.51. The van der Waals surface area contributed by atoms with Crippen LogP contribution in [-0.2, 0) is 6.54 Å². The standard InChI is InChI=1S/C15H17ClN4O/c1-10-13(9-18-15(19-10)20(2)3)14(21)17-8-11-4-6-12(16)7-5-11/h4-7,9H,8H2,1-3H3,(H,17,21). The van der Waals surface area contributed by atoms with Gasteiger partial charge in [0.2, 0.25) is 5.95 Å². The highest BCUT2D eigenvalue weighted by Crippen LogP contribution is 2.11. The summed E-state index contributed by atoms with van der Waals surface area (Å²) in [6, 6.07) is 7.34. The van der Waals surface area contributed by atoms with Gasteiger partial charge in [0, 0.05) is 31.9 Å².